The van der Waals surface area contributed by atoms with Crippen LogP contribution in [-0.4, -0.2) is 24.8 Å². The predicted molar refractivity (Wildman–Crippen MR) is 136 cm³/mol. The number of guanidine groups is 1. The van der Waals surface area contributed by atoms with Crippen LogP contribution in [0.4, 0.5) is 5.69 Å². The number of anilines is 1. The Labute approximate surface area is 200 Å². The Morgan fingerprint density at radius 1 is 1.03 bits per heavy atom. The van der Waals surface area contributed by atoms with E-state index in [0.717, 1.165) is 45.2 Å². The molecule has 1 aromatic carbocycles. The zero-order valence-corrected chi connectivity index (χ0v) is 20.0. The Morgan fingerprint density at radius 2 is 1.82 bits per heavy atom. The molecule has 174 valence electrons. The van der Waals surface area contributed by atoms with Gasteiger partial charge >= 0.3 is 0 Å². The maximum Gasteiger partial charge on any atom is 0.185 e. The fourth-order valence-electron chi connectivity index (χ4n) is 4.48. The van der Waals surface area contributed by atoms with Crippen molar-refractivity contribution in [2.75, 3.05) is 18.0 Å². The molecule has 33 heavy (non-hydrogen) atoms. The minimum absolute atomic E-state index is 0.0917. The van der Waals surface area contributed by atoms with Gasteiger partial charge in [-0.1, -0.05) is 23.9 Å². The van der Waals surface area contributed by atoms with Crippen LogP contribution in [0.25, 0.3) is 5.57 Å². The molecule has 4 rings (SSSR count). The molecule has 0 bridgehead atoms. The molecule has 1 aromatic heterocycles. The highest BCUT2D eigenvalue weighted by molar-refractivity contribution is 8.04. The first-order valence-electron chi connectivity index (χ1n) is 12.0. The number of aryl methyl sites for hydroxylation is 1. The Morgan fingerprint density at radius 3 is 2.64 bits per heavy atom. The van der Waals surface area contributed by atoms with Gasteiger partial charge in [0.05, 0.1) is 10.7 Å². The van der Waals surface area contributed by atoms with Crippen LogP contribution in [0.2, 0.25) is 0 Å². The number of pyridine rings is 1. The number of hydrogen-bond acceptors (Lipinski definition) is 4. The number of allylic oxidation sites excluding steroid dienone is 1. The second-order valence-corrected chi connectivity index (χ2v) is 9.72. The fraction of sp³-hybridized carbons (Fsp3) is 0.423. The zero-order valence-electron chi connectivity index (χ0n) is 19.2. The van der Waals surface area contributed by atoms with E-state index in [9.17, 15) is 4.79 Å². The zero-order chi connectivity index (χ0) is 23.0. The first-order chi connectivity index (χ1) is 16.1. The van der Waals surface area contributed by atoms with Gasteiger partial charge in [-0.25, -0.2) is 4.57 Å². The standard InChI is InChI=1S/C26H34N5OS/c27-26(28)29-15-6-9-21(32)8-2-1-5-16-30-18-13-20(14-19-30)22-10-7-17-31-23-11-3-4-12-24(23)33-25(22)31/h3-4,11-14,18-19H,1-2,5-10,15-17H2,(H4,27,28,29)/q+1. The number of ketones is 1. The van der Waals surface area contributed by atoms with Crippen molar-refractivity contribution in [1.29, 1.82) is 0 Å². The molecule has 0 atom stereocenters. The van der Waals surface area contributed by atoms with Gasteiger partial charge < -0.3 is 16.4 Å². The van der Waals surface area contributed by atoms with Crippen LogP contribution >= 0.6 is 11.8 Å². The van der Waals surface area contributed by atoms with Crippen LogP contribution in [0.5, 0.6) is 0 Å². The highest BCUT2D eigenvalue weighted by atomic mass is 32.2. The topological polar surface area (TPSA) is 88.6 Å². The number of thioether (sulfide) groups is 1. The van der Waals surface area contributed by atoms with E-state index in [1.165, 1.54) is 33.2 Å². The first-order valence-corrected chi connectivity index (χ1v) is 12.8. The number of carbonyl (C=O) groups is 1. The Kier molecular flexibility index (Phi) is 8.05. The molecular weight excluding hydrogens is 430 g/mol. The predicted octanol–water partition coefficient (Wildman–Crippen LogP) is 4.23. The van der Waals surface area contributed by atoms with E-state index in [1.54, 1.807) is 0 Å². The molecule has 0 saturated carbocycles. The van der Waals surface area contributed by atoms with Crippen LogP contribution in [0.1, 0.15) is 56.9 Å². The number of nitrogens with two attached hydrogens (primary N) is 2. The quantitative estimate of drug-likeness (QED) is 0.225. The molecule has 7 heteroatoms. The normalized spacial score (nSPS) is 14.7. The molecule has 2 aromatic rings. The van der Waals surface area contributed by atoms with Crippen LogP contribution in [0.3, 0.4) is 0 Å². The molecule has 4 N–H and O–H groups in total. The fourth-order valence-corrected chi connectivity index (χ4v) is 5.76. The molecule has 0 spiro atoms. The van der Waals surface area contributed by atoms with Crippen LogP contribution in [0.15, 0.2) is 63.7 Å². The van der Waals surface area contributed by atoms with Crippen LogP contribution in [-0.2, 0) is 11.3 Å². The van der Waals surface area contributed by atoms with Crippen molar-refractivity contribution in [1.82, 2.24) is 0 Å². The smallest absolute Gasteiger partial charge is 0.185 e. The van der Waals surface area contributed by atoms with Gasteiger partial charge in [-0.15, -0.1) is 0 Å². The number of Topliss-reactive ketones (excluding diaryl/α,β-unsaturated/α-hetero) is 1. The third-order valence-corrected chi connectivity index (χ3v) is 7.42. The molecule has 2 aliphatic rings. The van der Waals surface area contributed by atoms with Crippen molar-refractivity contribution < 1.29 is 9.36 Å². The van der Waals surface area contributed by atoms with Crippen molar-refractivity contribution >= 4 is 34.8 Å². The minimum atomic E-state index is 0.0917. The van der Waals surface area contributed by atoms with Gasteiger partial charge in [0.2, 0.25) is 0 Å². The summed E-state index contributed by atoms with van der Waals surface area (Å²) in [6, 6.07) is 13.2. The van der Waals surface area contributed by atoms with E-state index in [2.05, 4.69) is 63.3 Å². The molecule has 3 heterocycles. The van der Waals surface area contributed by atoms with Crippen molar-refractivity contribution in [2.24, 2.45) is 16.5 Å². The first kappa shape index (κ1) is 23.4. The third kappa shape index (κ3) is 6.16. The lowest BCUT2D eigenvalue weighted by Crippen LogP contribution is -2.32. The summed E-state index contributed by atoms with van der Waals surface area (Å²) in [4.78, 5) is 19.7. The number of aliphatic imine (C=N–C) groups is 1. The van der Waals surface area contributed by atoms with Crippen LogP contribution in [0, 0.1) is 0 Å². The minimum Gasteiger partial charge on any atom is -0.370 e. The lowest BCUT2D eigenvalue weighted by atomic mass is 10.00. The van der Waals surface area contributed by atoms with E-state index >= 15 is 0 Å². The molecule has 0 fully saturated rings. The molecule has 0 aliphatic carbocycles. The molecule has 0 radical (unpaired) electrons. The van der Waals surface area contributed by atoms with E-state index < -0.39 is 0 Å². The molecule has 6 nitrogen and oxygen atoms in total. The molecular formula is C26H34N5OS+. The summed E-state index contributed by atoms with van der Waals surface area (Å²) >= 11 is 1.91. The molecule has 0 unspecified atom stereocenters. The maximum atomic E-state index is 11.9. The number of aromatic nitrogens is 1. The number of unbranched alkanes of at least 4 members (excludes halogenated alkanes) is 2. The van der Waals surface area contributed by atoms with Gasteiger partial charge in [-0.05, 0) is 55.4 Å². The van der Waals surface area contributed by atoms with Gasteiger partial charge in [0.25, 0.3) is 0 Å². The summed E-state index contributed by atoms with van der Waals surface area (Å²) in [5.41, 5.74) is 14.7. The SMILES string of the molecule is NC(N)=NCCCC(=O)CCCCC[n+]1ccc(C2=C3Sc4ccccc4N3CCC2)cc1. The average Bonchev–Trinajstić information content (AvgIpc) is 3.21. The Bertz CT molecular complexity index is 1030. The number of rotatable bonds is 11. The molecule has 0 amide bonds. The summed E-state index contributed by atoms with van der Waals surface area (Å²) in [6.45, 7) is 2.62. The van der Waals surface area contributed by atoms with Crippen LogP contribution < -0.4 is 20.9 Å². The number of carbonyl (C=O) groups excluding carboxylic acids is 1. The number of benzene rings is 1. The maximum absolute atomic E-state index is 11.9. The third-order valence-electron chi connectivity index (χ3n) is 6.19. The van der Waals surface area contributed by atoms with E-state index in [0.29, 0.717) is 25.2 Å². The highest BCUT2D eigenvalue weighted by Crippen LogP contribution is 2.51. The van der Waals surface area contributed by atoms with Gasteiger partial charge in [-0.2, -0.15) is 0 Å². The number of hydrogen-bond donors (Lipinski definition) is 2. The van der Waals surface area contributed by atoms with Gasteiger partial charge in [0.1, 0.15) is 12.3 Å². The van der Waals surface area contributed by atoms with Crippen molar-refractivity contribution in [3.05, 3.63) is 59.4 Å². The Hall–Kier alpha value is -2.80. The summed E-state index contributed by atoms with van der Waals surface area (Å²) in [5, 5.41) is 1.41. The van der Waals surface area contributed by atoms with Crippen molar-refractivity contribution in [2.45, 2.75) is 62.8 Å². The number of para-hydroxylation sites is 1. The highest BCUT2D eigenvalue weighted by Gasteiger charge is 2.30. The van der Waals surface area contributed by atoms with Gasteiger partial charge in [-0.3, -0.25) is 9.79 Å². The summed E-state index contributed by atoms with van der Waals surface area (Å²) < 4.78 is 2.25. The number of nitrogens with zero attached hydrogens (tertiary/aromatic N) is 3. The second-order valence-electron chi connectivity index (χ2n) is 8.69. The van der Waals surface area contributed by atoms with Gasteiger partial charge in [0.15, 0.2) is 18.4 Å². The van der Waals surface area contributed by atoms with Crippen molar-refractivity contribution in [3.8, 4) is 0 Å². The lowest BCUT2D eigenvalue weighted by molar-refractivity contribution is -0.697. The second kappa shape index (κ2) is 11.4. The van der Waals surface area contributed by atoms with Gasteiger partial charge in [0, 0.05) is 49.4 Å². The molecule has 0 saturated heterocycles. The average molecular weight is 465 g/mol. The monoisotopic (exact) mass is 464 g/mol. The summed E-state index contributed by atoms with van der Waals surface area (Å²) in [5.74, 6) is 0.398. The van der Waals surface area contributed by atoms with E-state index in [4.69, 9.17) is 11.5 Å². The van der Waals surface area contributed by atoms with Crippen molar-refractivity contribution in [3.63, 3.8) is 0 Å². The molecule has 2 aliphatic heterocycles. The lowest BCUT2D eigenvalue weighted by Gasteiger charge is -2.28. The number of fused-ring (bicyclic) bond motifs is 3. The largest absolute Gasteiger partial charge is 0.370 e. The summed E-state index contributed by atoms with van der Waals surface area (Å²) in [7, 11) is 0. The van der Waals surface area contributed by atoms with E-state index in [1.807, 2.05) is 11.8 Å². The van der Waals surface area contributed by atoms with E-state index in [-0.39, 0.29) is 5.96 Å². The summed E-state index contributed by atoms with van der Waals surface area (Å²) in [6.07, 6.45) is 11.7. The Balaban J connectivity index is 1.23.